The van der Waals surface area contributed by atoms with Crippen LogP contribution in [0.4, 0.5) is 0 Å². The minimum absolute atomic E-state index is 0.789. The van der Waals surface area contributed by atoms with Crippen molar-refractivity contribution < 1.29 is 9.47 Å². The summed E-state index contributed by atoms with van der Waals surface area (Å²) in [5.41, 5.74) is 5.64. The molecule has 2 aromatic carbocycles. The van der Waals surface area contributed by atoms with E-state index in [1.165, 1.54) is 120 Å². The first-order valence-electron chi connectivity index (χ1n) is 17.4. The molecule has 0 unspecified atom stereocenters. The summed E-state index contributed by atoms with van der Waals surface area (Å²) < 4.78 is 12.3. The first-order chi connectivity index (χ1) is 20.8. The van der Waals surface area contributed by atoms with Gasteiger partial charge >= 0.3 is 0 Å². The molecule has 2 aromatic rings. The Balaban J connectivity index is 1.44. The van der Waals surface area contributed by atoms with Gasteiger partial charge in [-0.25, -0.2) is 0 Å². The Morgan fingerprint density at radius 2 is 0.952 bits per heavy atom. The van der Waals surface area contributed by atoms with Crippen LogP contribution < -0.4 is 9.47 Å². The highest BCUT2D eigenvalue weighted by Crippen LogP contribution is 2.34. The molecule has 0 bridgehead atoms. The van der Waals surface area contributed by atoms with Crippen LogP contribution in [-0.4, -0.2) is 62.3 Å². The van der Waals surface area contributed by atoms with E-state index in [-0.39, 0.29) is 0 Å². The number of ether oxygens (including phenoxy) is 2. The van der Waals surface area contributed by atoms with Crippen LogP contribution in [0.1, 0.15) is 115 Å². The highest BCUT2D eigenvalue weighted by molar-refractivity contribution is 5.82. The Morgan fingerprint density at radius 1 is 0.548 bits per heavy atom. The molecule has 4 rings (SSSR count). The molecular formula is C38H58N2O2. The van der Waals surface area contributed by atoms with E-state index in [1.807, 2.05) is 0 Å². The topological polar surface area (TPSA) is 24.9 Å². The molecule has 232 valence electrons. The van der Waals surface area contributed by atoms with Gasteiger partial charge in [-0.2, -0.15) is 0 Å². The number of hydrogen-bond acceptors (Lipinski definition) is 4. The van der Waals surface area contributed by atoms with E-state index in [0.717, 1.165) is 50.6 Å². The minimum atomic E-state index is 0.789. The molecule has 2 aliphatic rings. The van der Waals surface area contributed by atoms with Crippen LogP contribution in [-0.2, 0) is 0 Å². The highest BCUT2D eigenvalue weighted by atomic mass is 16.5. The Bertz CT molecular complexity index is 937. The van der Waals surface area contributed by atoms with Crippen molar-refractivity contribution in [3.8, 4) is 11.5 Å². The van der Waals surface area contributed by atoms with Crippen molar-refractivity contribution in [1.82, 2.24) is 9.80 Å². The molecule has 0 amide bonds. The van der Waals surface area contributed by atoms with E-state index in [1.54, 1.807) is 5.57 Å². The average Bonchev–Trinajstić information content (AvgIpc) is 3.74. The molecular weight excluding hydrogens is 516 g/mol. The number of likely N-dealkylation sites (tertiary alicyclic amines) is 2. The van der Waals surface area contributed by atoms with E-state index in [9.17, 15) is 0 Å². The second-order valence-corrected chi connectivity index (χ2v) is 12.4. The monoisotopic (exact) mass is 574 g/mol. The van der Waals surface area contributed by atoms with Crippen LogP contribution in [0.5, 0.6) is 11.5 Å². The predicted octanol–water partition coefficient (Wildman–Crippen LogP) is 9.38. The van der Waals surface area contributed by atoms with Crippen LogP contribution in [0, 0.1) is 0 Å². The molecule has 2 fully saturated rings. The fraction of sp³-hybridized carbons (Fsp3) is 0.632. The number of rotatable bonds is 20. The molecule has 2 aliphatic heterocycles. The molecule has 2 heterocycles. The molecule has 0 aliphatic carbocycles. The third kappa shape index (κ3) is 11.1. The molecule has 0 spiro atoms. The lowest BCUT2D eigenvalue weighted by Gasteiger charge is -2.19. The quantitative estimate of drug-likeness (QED) is 0.147. The molecule has 4 nitrogen and oxygen atoms in total. The molecule has 4 heteroatoms. The molecule has 0 saturated carbocycles. The van der Waals surface area contributed by atoms with Crippen molar-refractivity contribution >= 4 is 5.57 Å². The maximum absolute atomic E-state index is 6.16. The van der Waals surface area contributed by atoms with Crippen molar-refractivity contribution in [1.29, 1.82) is 0 Å². The lowest BCUT2D eigenvalue weighted by Crippen LogP contribution is -2.21. The maximum Gasteiger partial charge on any atom is 0.119 e. The summed E-state index contributed by atoms with van der Waals surface area (Å²) in [6.45, 7) is 13.5. The number of hydrogen-bond donors (Lipinski definition) is 0. The predicted molar refractivity (Wildman–Crippen MR) is 179 cm³/mol. The number of unbranched alkanes of at least 4 members (excludes halogenated alkanes) is 4. The second kappa shape index (κ2) is 19.1. The zero-order valence-electron chi connectivity index (χ0n) is 26.9. The lowest BCUT2D eigenvalue weighted by atomic mass is 9.88. The third-order valence-corrected chi connectivity index (χ3v) is 8.98. The van der Waals surface area contributed by atoms with Gasteiger partial charge in [-0.3, -0.25) is 0 Å². The summed E-state index contributed by atoms with van der Waals surface area (Å²) in [5.74, 6) is 1.96. The fourth-order valence-electron chi connectivity index (χ4n) is 6.53. The molecule has 42 heavy (non-hydrogen) atoms. The van der Waals surface area contributed by atoms with Crippen molar-refractivity contribution in [3.05, 3.63) is 65.2 Å². The van der Waals surface area contributed by atoms with Gasteiger partial charge in [0.2, 0.25) is 0 Å². The molecule has 0 aromatic heterocycles. The van der Waals surface area contributed by atoms with Gasteiger partial charge < -0.3 is 19.3 Å². The van der Waals surface area contributed by atoms with E-state index < -0.39 is 0 Å². The smallest absolute Gasteiger partial charge is 0.119 e. The number of benzene rings is 2. The SMILES string of the molecule is CCCCCC(CCCCC)=C(c1ccc(OCCCN2CCCC2)cc1)c1ccc(OCCCN2CCCC2)cc1. The summed E-state index contributed by atoms with van der Waals surface area (Å²) >= 11 is 0. The maximum atomic E-state index is 6.16. The van der Waals surface area contributed by atoms with Gasteiger partial charge in [-0.1, -0.05) is 69.4 Å². The largest absolute Gasteiger partial charge is 0.494 e. The standard InChI is InChI=1S/C38H58N2O2/c1-3-5-7-15-33(16-8-6-4-2)38(34-17-21-36(22-18-34)41-31-13-29-39-25-9-10-26-39)35-19-23-37(24-20-35)42-32-14-30-40-27-11-12-28-40/h17-24H,3-16,25-32H2,1-2H3. The van der Waals surface area contributed by atoms with Crippen molar-refractivity contribution in [2.45, 2.75) is 104 Å². The van der Waals surface area contributed by atoms with E-state index >= 15 is 0 Å². The summed E-state index contributed by atoms with van der Waals surface area (Å²) in [6.07, 6.45) is 17.6. The van der Waals surface area contributed by atoms with Gasteiger partial charge in [0.1, 0.15) is 11.5 Å². The second-order valence-electron chi connectivity index (χ2n) is 12.4. The summed E-state index contributed by atoms with van der Waals surface area (Å²) in [4.78, 5) is 5.13. The van der Waals surface area contributed by atoms with E-state index in [0.29, 0.717) is 0 Å². The molecule has 0 radical (unpaired) electrons. The van der Waals surface area contributed by atoms with Crippen LogP contribution in [0.15, 0.2) is 54.1 Å². The first-order valence-corrected chi connectivity index (χ1v) is 17.4. The van der Waals surface area contributed by atoms with Crippen molar-refractivity contribution in [2.75, 3.05) is 52.5 Å². The van der Waals surface area contributed by atoms with Gasteiger partial charge in [-0.05, 0) is 131 Å². The third-order valence-electron chi connectivity index (χ3n) is 8.98. The number of nitrogens with zero attached hydrogens (tertiary/aromatic N) is 2. The summed E-state index contributed by atoms with van der Waals surface area (Å²) in [7, 11) is 0. The highest BCUT2D eigenvalue weighted by Gasteiger charge is 2.15. The Hall–Kier alpha value is -2.30. The normalized spacial score (nSPS) is 15.8. The van der Waals surface area contributed by atoms with E-state index in [4.69, 9.17) is 9.47 Å². The molecule has 0 atom stereocenters. The summed E-state index contributed by atoms with van der Waals surface area (Å²) in [6, 6.07) is 17.9. The Labute approximate surface area is 257 Å². The van der Waals surface area contributed by atoms with Gasteiger partial charge in [0, 0.05) is 13.1 Å². The number of allylic oxidation sites excluding steroid dienone is 1. The van der Waals surface area contributed by atoms with Crippen molar-refractivity contribution in [3.63, 3.8) is 0 Å². The zero-order valence-corrected chi connectivity index (χ0v) is 26.9. The Morgan fingerprint density at radius 3 is 1.33 bits per heavy atom. The van der Waals surface area contributed by atoms with Crippen LogP contribution in [0.3, 0.4) is 0 Å². The van der Waals surface area contributed by atoms with Gasteiger partial charge in [0.05, 0.1) is 13.2 Å². The van der Waals surface area contributed by atoms with Gasteiger partial charge in [-0.15, -0.1) is 0 Å². The average molecular weight is 575 g/mol. The Kier molecular flexibility index (Phi) is 14.8. The van der Waals surface area contributed by atoms with Gasteiger partial charge in [0.25, 0.3) is 0 Å². The molecule has 0 N–H and O–H groups in total. The van der Waals surface area contributed by atoms with E-state index in [2.05, 4.69) is 72.2 Å². The summed E-state index contributed by atoms with van der Waals surface area (Å²) in [5, 5.41) is 0. The van der Waals surface area contributed by atoms with Gasteiger partial charge in [0.15, 0.2) is 0 Å². The van der Waals surface area contributed by atoms with Crippen LogP contribution in [0.25, 0.3) is 5.57 Å². The molecule has 2 saturated heterocycles. The zero-order chi connectivity index (χ0) is 29.2. The lowest BCUT2D eigenvalue weighted by molar-refractivity contribution is 0.263. The van der Waals surface area contributed by atoms with Crippen LogP contribution >= 0.6 is 0 Å². The van der Waals surface area contributed by atoms with Crippen LogP contribution in [0.2, 0.25) is 0 Å². The van der Waals surface area contributed by atoms with Crippen molar-refractivity contribution in [2.24, 2.45) is 0 Å². The minimum Gasteiger partial charge on any atom is -0.494 e. The first kappa shape index (κ1) is 32.6. The fourth-order valence-corrected chi connectivity index (χ4v) is 6.53.